The minimum atomic E-state index is -0.156. The number of fused-ring (bicyclic) bond motifs is 8. The molecule has 1 aliphatic heterocycles. The monoisotopic (exact) mass is 939 g/mol. The molecule has 1 aliphatic carbocycles. The molecule has 0 unspecified atom stereocenters. The smallest absolute Gasteiger partial charge is 0.197 e. The summed E-state index contributed by atoms with van der Waals surface area (Å²) >= 11 is 0. The van der Waals surface area contributed by atoms with Crippen molar-refractivity contribution in [3.05, 3.63) is 247 Å². The van der Waals surface area contributed by atoms with Crippen LogP contribution in [0.15, 0.2) is 231 Å². The molecule has 351 valence electrons. The van der Waals surface area contributed by atoms with Crippen LogP contribution in [0.25, 0.3) is 49.7 Å². The third kappa shape index (κ3) is 7.61. The van der Waals surface area contributed by atoms with Gasteiger partial charge >= 0.3 is 0 Å². The first-order valence-corrected chi connectivity index (χ1v) is 26.0. The van der Waals surface area contributed by atoms with Crippen molar-refractivity contribution in [2.45, 2.75) is 51.9 Å². The first-order chi connectivity index (χ1) is 35.9. The summed E-state index contributed by atoms with van der Waals surface area (Å²) < 4.78 is 2.58. The maximum atomic E-state index is 4.00. The van der Waals surface area contributed by atoms with E-state index in [4.69, 9.17) is 0 Å². The van der Waals surface area contributed by atoms with Gasteiger partial charge in [0.1, 0.15) is 0 Å². The number of rotatable bonds is 13. The van der Waals surface area contributed by atoms with Gasteiger partial charge in [0.25, 0.3) is 0 Å². The van der Waals surface area contributed by atoms with Gasteiger partial charge in [0, 0.05) is 67.2 Å². The van der Waals surface area contributed by atoms with Crippen molar-refractivity contribution in [3.63, 3.8) is 0 Å². The molecule has 73 heavy (non-hydrogen) atoms. The summed E-state index contributed by atoms with van der Waals surface area (Å²) in [6, 6.07) is 84.8. The van der Waals surface area contributed by atoms with E-state index in [9.17, 15) is 0 Å². The van der Waals surface area contributed by atoms with Crippen LogP contribution < -0.4 is 26.0 Å². The van der Waals surface area contributed by atoms with Gasteiger partial charge in [0.2, 0.25) is 0 Å². The standard InChI is InChI=1S/C68H56BN4/c1-4-5-10-23-46-36-38-47(39-37-46)70-61-41-40-52(71(48-24-11-6-12-25-48)49-26-13-7-14-27-49)42-56(61)57-44-64(72(50-28-15-8-16-29-50)51-30-17-9-18-31-51)65-54-33-20-22-35-62(54)73-63-43-55-53-32-19-21-34-58(53)68(2,3)59(55)45-60(63)69-66(57)67(65)73/h6-9,11-22,24-45,70H,4-5,10,23H2,1-3H3. The number of aryl methyl sites for hydroxylation is 1. The van der Waals surface area contributed by atoms with E-state index in [-0.39, 0.29) is 5.41 Å². The second-order valence-electron chi connectivity index (χ2n) is 20.2. The lowest BCUT2D eigenvalue weighted by Crippen LogP contribution is -2.38. The van der Waals surface area contributed by atoms with Crippen LogP contribution in [0.3, 0.4) is 0 Å². The molecule has 0 fully saturated rings. The fourth-order valence-corrected chi connectivity index (χ4v) is 11.9. The van der Waals surface area contributed by atoms with Gasteiger partial charge in [-0.15, -0.1) is 0 Å². The quantitative estimate of drug-likeness (QED) is 0.0920. The Morgan fingerprint density at radius 3 is 1.75 bits per heavy atom. The Bertz CT molecular complexity index is 3750. The van der Waals surface area contributed by atoms with E-state index in [1.807, 2.05) is 0 Å². The maximum absolute atomic E-state index is 4.00. The average molecular weight is 940 g/mol. The Morgan fingerprint density at radius 2 is 1.10 bits per heavy atom. The third-order valence-corrected chi connectivity index (χ3v) is 15.4. The van der Waals surface area contributed by atoms with E-state index in [0.29, 0.717) is 0 Å². The molecule has 11 aromatic rings. The maximum Gasteiger partial charge on any atom is 0.197 e. The van der Waals surface area contributed by atoms with Gasteiger partial charge in [0.05, 0.1) is 16.7 Å². The molecule has 0 atom stereocenters. The van der Waals surface area contributed by atoms with Gasteiger partial charge in [-0.25, -0.2) is 0 Å². The van der Waals surface area contributed by atoms with Gasteiger partial charge in [-0.1, -0.05) is 173 Å². The van der Waals surface area contributed by atoms with Crippen LogP contribution >= 0.6 is 0 Å². The number of hydrogen-bond donors (Lipinski definition) is 1. The number of para-hydroxylation sites is 5. The van der Waals surface area contributed by atoms with Crippen LogP contribution in [-0.2, 0) is 11.8 Å². The number of nitrogens with zero attached hydrogens (tertiary/aromatic N) is 3. The molecule has 0 saturated heterocycles. The Balaban J connectivity index is 1.13. The molecule has 5 heteroatoms. The molecule has 1 aromatic heterocycles. The van der Waals surface area contributed by atoms with Crippen molar-refractivity contribution < 1.29 is 0 Å². The van der Waals surface area contributed by atoms with Crippen LogP contribution in [0.4, 0.5) is 45.5 Å². The summed E-state index contributed by atoms with van der Waals surface area (Å²) in [5.74, 6) is 0. The first kappa shape index (κ1) is 44.4. The molecule has 13 rings (SSSR count). The van der Waals surface area contributed by atoms with E-state index >= 15 is 0 Å². The Hall–Kier alpha value is -8.54. The van der Waals surface area contributed by atoms with Crippen molar-refractivity contribution in [2.75, 3.05) is 15.1 Å². The number of aromatic nitrogens is 1. The average Bonchev–Trinajstić information content (AvgIpc) is 3.90. The van der Waals surface area contributed by atoms with Crippen LogP contribution in [0, 0.1) is 0 Å². The predicted octanol–water partition coefficient (Wildman–Crippen LogP) is 17.1. The minimum Gasteiger partial charge on any atom is -0.355 e. The normalized spacial score (nSPS) is 12.8. The van der Waals surface area contributed by atoms with Crippen molar-refractivity contribution in [3.8, 4) is 27.9 Å². The van der Waals surface area contributed by atoms with Crippen molar-refractivity contribution in [1.82, 2.24) is 4.57 Å². The largest absolute Gasteiger partial charge is 0.355 e. The highest BCUT2D eigenvalue weighted by atomic mass is 15.2. The molecule has 4 nitrogen and oxygen atoms in total. The fourth-order valence-electron chi connectivity index (χ4n) is 11.9. The van der Waals surface area contributed by atoms with Crippen LogP contribution in [0.1, 0.15) is 56.7 Å². The first-order valence-electron chi connectivity index (χ1n) is 26.0. The molecule has 1 N–H and O–H groups in total. The number of nitrogens with one attached hydrogen (secondary N) is 1. The van der Waals surface area contributed by atoms with Crippen molar-refractivity contribution >= 4 is 85.5 Å². The highest BCUT2D eigenvalue weighted by Gasteiger charge is 2.38. The fraction of sp³-hybridized carbons (Fsp3) is 0.118. The zero-order valence-corrected chi connectivity index (χ0v) is 41.7. The summed E-state index contributed by atoms with van der Waals surface area (Å²) in [5.41, 5.74) is 23.4. The minimum absolute atomic E-state index is 0.156. The van der Waals surface area contributed by atoms with E-state index in [0.717, 1.165) is 63.0 Å². The zero-order valence-electron chi connectivity index (χ0n) is 41.7. The molecular formula is C68H56BN4. The van der Waals surface area contributed by atoms with Gasteiger partial charge in [-0.3, -0.25) is 0 Å². The van der Waals surface area contributed by atoms with Crippen LogP contribution in [0.5, 0.6) is 0 Å². The SMILES string of the molecule is CCCCCc1ccc(Nc2ccc(N(c3ccccc3)c3ccccc3)cc2-c2cc(N(c3ccccc3)c3ccccc3)c3c4ccccc4n4c3c2[B]c2cc3c(cc2-4)-c2ccccc2C3(C)C)cc1. The second kappa shape index (κ2) is 18.3. The van der Waals surface area contributed by atoms with Crippen LogP contribution in [0.2, 0.25) is 0 Å². The number of benzene rings is 10. The van der Waals surface area contributed by atoms with E-state index < -0.39 is 0 Å². The molecule has 0 amide bonds. The lowest BCUT2D eigenvalue weighted by atomic mass is 9.58. The summed E-state index contributed by atoms with van der Waals surface area (Å²) in [7, 11) is 2.50. The molecule has 2 heterocycles. The lowest BCUT2D eigenvalue weighted by Gasteiger charge is -2.31. The van der Waals surface area contributed by atoms with Crippen LogP contribution in [-0.4, -0.2) is 11.8 Å². The topological polar surface area (TPSA) is 23.4 Å². The Kier molecular flexibility index (Phi) is 11.1. The molecule has 2 aliphatic rings. The van der Waals surface area contributed by atoms with Gasteiger partial charge in [-0.2, -0.15) is 0 Å². The molecular weight excluding hydrogens is 884 g/mol. The molecule has 10 aromatic carbocycles. The highest BCUT2D eigenvalue weighted by Crippen LogP contribution is 2.52. The van der Waals surface area contributed by atoms with Gasteiger partial charge in [0.15, 0.2) is 7.28 Å². The number of unbranched alkanes of at least 4 members (excludes halogenated alkanes) is 2. The molecule has 0 spiro atoms. The molecule has 0 bridgehead atoms. The van der Waals surface area contributed by atoms with E-state index in [1.165, 1.54) is 85.5 Å². The number of anilines is 8. The summed E-state index contributed by atoms with van der Waals surface area (Å²) in [5, 5.41) is 6.43. The second-order valence-corrected chi connectivity index (χ2v) is 20.2. The third-order valence-electron chi connectivity index (χ3n) is 15.4. The van der Waals surface area contributed by atoms with Crippen molar-refractivity contribution in [2.24, 2.45) is 0 Å². The van der Waals surface area contributed by atoms with Gasteiger partial charge < -0.3 is 19.7 Å². The number of hydrogen-bond acceptors (Lipinski definition) is 3. The Morgan fingerprint density at radius 1 is 0.493 bits per heavy atom. The zero-order chi connectivity index (χ0) is 49.0. The highest BCUT2D eigenvalue weighted by molar-refractivity contribution is 6.73. The molecule has 1 radical (unpaired) electrons. The summed E-state index contributed by atoms with van der Waals surface area (Å²) in [6.07, 6.45) is 4.75. The van der Waals surface area contributed by atoms with E-state index in [2.05, 4.69) is 278 Å². The van der Waals surface area contributed by atoms with Gasteiger partial charge in [-0.05, 0) is 149 Å². The predicted molar refractivity (Wildman–Crippen MR) is 311 cm³/mol. The molecule has 0 saturated carbocycles. The van der Waals surface area contributed by atoms with E-state index in [1.54, 1.807) is 0 Å². The summed E-state index contributed by atoms with van der Waals surface area (Å²) in [4.78, 5) is 4.84. The van der Waals surface area contributed by atoms with Crippen molar-refractivity contribution in [1.29, 1.82) is 0 Å². The summed E-state index contributed by atoms with van der Waals surface area (Å²) in [6.45, 7) is 7.04. The lowest BCUT2D eigenvalue weighted by molar-refractivity contribution is 0.661. The Labute approximate surface area is 430 Å².